The van der Waals surface area contributed by atoms with Gasteiger partial charge < -0.3 is 14.8 Å². The number of hydrogen-bond donors (Lipinski definition) is 1. The smallest absolute Gasteiger partial charge is 0.407 e. The predicted octanol–water partition coefficient (Wildman–Crippen LogP) is 4.07. The summed E-state index contributed by atoms with van der Waals surface area (Å²) in [5.41, 5.74) is -0.639. The van der Waals surface area contributed by atoms with Crippen molar-refractivity contribution in [2.24, 2.45) is 0 Å². The number of rotatable bonds is 9. The van der Waals surface area contributed by atoms with Crippen LogP contribution in [0.4, 0.5) is 4.79 Å². The van der Waals surface area contributed by atoms with E-state index in [-0.39, 0.29) is 5.67 Å². The largest absolute Gasteiger partial charge is 0.444 e. The Morgan fingerprint density at radius 3 is 1.97 bits per heavy atom. The maximum Gasteiger partial charge on any atom is 0.407 e. The summed E-state index contributed by atoms with van der Waals surface area (Å²) < 4.78 is 5.59. The van der Waals surface area contributed by atoms with Gasteiger partial charge in [-0.15, -0.1) is 0 Å². The SMILES string of the molecule is CCC[C@H](NC(=O)OC(C)(C)C)[Si](CCC=O)(c1ccccc1)c1ccccc1. The van der Waals surface area contributed by atoms with E-state index in [1.165, 1.54) is 10.4 Å². The monoisotopic (exact) mass is 411 g/mol. The molecule has 1 atom stereocenters. The summed E-state index contributed by atoms with van der Waals surface area (Å²) in [6, 6.07) is 21.5. The van der Waals surface area contributed by atoms with Crippen molar-refractivity contribution in [3.05, 3.63) is 60.7 Å². The van der Waals surface area contributed by atoms with Gasteiger partial charge in [-0.1, -0.05) is 84.4 Å². The van der Waals surface area contributed by atoms with Crippen LogP contribution in [0.1, 0.15) is 47.0 Å². The van der Waals surface area contributed by atoms with E-state index in [9.17, 15) is 9.59 Å². The molecule has 2 aromatic carbocycles. The quantitative estimate of drug-likeness (QED) is 0.500. The lowest BCUT2D eigenvalue weighted by Gasteiger charge is -2.40. The fourth-order valence-corrected chi connectivity index (χ4v) is 9.33. The first-order valence-electron chi connectivity index (χ1n) is 10.4. The second kappa shape index (κ2) is 10.4. The van der Waals surface area contributed by atoms with Gasteiger partial charge in [-0.2, -0.15) is 0 Å². The van der Waals surface area contributed by atoms with Crippen molar-refractivity contribution in [3.63, 3.8) is 0 Å². The van der Waals surface area contributed by atoms with E-state index in [1.54, 1.807) is 0 Å². The lowest BCUT2D eigenvalue weighted by Crippen LogP contribution is -2.71. The summed E-state index contributed by atoms with van der Waals surface area (Å²) in [6.07, 6.45) is 2.81. The number of benzene rings is 2. The van der Waals surface area contributed by atoms with Crippen molar-refractivity contribution in [1.29, 1.82) is 0 Å². The van der Waals surface area contributed by atoms with Gasteiger partial charge in [-0.3, -0.25) is 0 Å². The standard InChI is InChI=1S/C24H33NO3Si/c1-5-13-22(25-23(27)28-24(2,3)4)29(19-12-18-26,20-14-8-6-9-15-20)21-16-10-7-11-17-21/h6-11,14-18,22H,5,12-13,19H2,1-4H3,(H,25,27)/t22-/m1/s1. The van der Waals surface area contributed by atoms with Crippen LogP contribution in [0.15, 0.2) is 60.7 Å². The molecule has 0 radical (unpaired) electrons. The molecule has 0 aliphatic heterocycles. The molecule has 0 aromatic heterocycles. The molecule has 0 spiro atoms. The molecule has 0 saturated heterocycles. The first kappa shape index (κ1) is 22.9. The third-order valence-electron chi connectivity index (χ3n) is 5.10. The van der Waals surface area contributed by atoms with Gasteiger partial charge in [0.25, 0.3) is 0 Å². The molecule has 2 rings (SSSR count). The van der Waals surface area contributed by atoms with E-state index in [4.69, 9.17) is 4.74 Å². The van der Waals surface area contributed by atoms with Crippen molar-refractivity contribution in [2.75, 3.05) is 0 Å². The van der Waals surface area contributed by atoms with Crippen LogP contribution >= 0.6 is 0 Å². The van der Waals surface area contributed by atoms with Crippen molar-refractivity contribution < 1.29 is 14.3 Å². The first-order valence-corrected chi connectivity index (χ1v) is 12.7. The highest BCUT2D eigenvalue weighted by Crippen LogP contribution is 2.22. The molecule has 2 aromatic rings. The molecule has 0 bridgehead atoms. The third kappa shape index (κ3) is 6.04. The molecular weight excluding hydrogens is 378 g/mol. The highest BCUT2D eigenvalue weighted by Gasteiger charge is 2.45. The summed E-state index contributed by atoms with van der Waals surface area (Å²) in [4.78, 5) is 24.2. The molecule has 1 N–H and O–H groups in total. The van der Waals surface area contributed by atoms with Crippen LogP contribution in [0.5, 0.6) is 0 Å². The number of ether oxygens (including phenoxy) is 1. The third-order valence-corrected chi connectivity index (χ3v) is 10.5. The fraction of sp³-hybridized carbons (Fsp3) is 0.417. The average Bonchev–Trinajstić information content (AvgIpc) is 2.69. The minimum Gasteiger partial charge on any atom is -0.444 e. The zero-order valence-corrected chi connectivity index (χ0v) is 19.0. The molecule has 0 heterocycles. The molecule has 0 aliphatic rings. The maximum absolute atomic E-state index is 12.7. The van der Waals surface area contributed by atoms with E-state index in [1.807, 2.05) is 57.2 Å². The Morgan fingerprint density at radius 1 is 1.03 bits per heavy atom. The van der Waals surface area contributed by atoms with Gasteiger partial charge in [0.05, 0.1) is 0 Å². The minimum atomic E-state index is -2.50. The van der Waals surface area contributed by atoms with E-state index in [2.05, 4.69) is 36.5 Å². The van der Waals surface area contributed by atoms with Crippen LogP contribution in [0, 0.1) is 0 Å². The molecule has 4 nitrogen and oxygen atoms in total. The Hall–Kier alpha value is -2.40. The van der Waals surface area contributed by atoms with Gasteiger partial charge in [-0.25, -0.2) is 4.79 Å². The topological polar surface area (TPSA) is 55.4 Å². The molecule has 0 aliphatic carbocycles. The van der Waals surface area contributed by atoms with Crippen LogP contribution in [-0.4, -0.2) is 31.7 Å². The minimum absolute atomic E-state index is 0.0768. The van der Waals surface area contributed by atoms with Crippen molar-refractivity contribution in [1.82, 2.24) is 5.32 Å². The van der Waals surface area contributed by atoms with Gasteiger partial charge in [0.15, 0.2) is 0 Å². The molecular formula is C24H33NO3Si. The number of alkyl carbamates (subject to hydrolysis) is 1. The summed E-state index contributed by atoms with van der Waals surface area (Å²) >= 11 is 0. The molecule has 29 heavy (non-hydrogen) atoms. The fourth-order valence-electron chi connectivity index (χ4n) is 3.97. The van der Waals surface area contributed by atoms with Gasteiger partial charge in [-0.05, 0) is 33.2 Å². The Morgan fingerprint density at radius 2 is 1.55 bits per heavy atom. The molecule has 0 unspecified atom stereocenters. The molecule has 0 saturated carbocycles. The highest BCUT2D eigenvalue weighted by atomic mass is 28.3. The highest BCUT2D eigenvalue weighted by molar-refractivity contribution is 7.03. The lowest BCUT2D eigenvalue weighted by molar-refractivity contribution is -0.107. The Balaban J connectivity index is 2.60. The van der Waals surface area contributed by atoms with Crippen LogP contribution in [0.3, 0.4) is 0 Å². The number of nitrogens with one attached hydrogen (secondary N) is 1. The predicted molar refractivity (Wildman–Crippen MR) is 121 cm³/mol. The molecule has 1 amide bonds. The van der Waals surface area contributed by atoms with Crippen molar-refractivity contribution in [3.8, 4) is 0 Å². The lowest BCUT2D eigenvalue weighted by atomic mass is 10.2. The number of amides is 1. The second-order valence-corrected chi connectivity index (χ2v) is 12.7. The zero-order chi connectivity index (χ0) is 21.3. The molecule has 5 heteroatoms. The number of aldehydes is 1. The molecule has 0 fully saturated rings. The Bertz CT molecular complexity index is 732. The summed E-state index contributed by atoms with van der Waals surface area (Å²) in [7, 11) is -2.50. The summed E-state index contributed by atoms with van der Waals surface area (Å²) in [5, 5.41) is 5.66. The van der Waals surface area contributed by atoms with E-state index >= 15 is 0 Å². The number of carbonyl (C=O) groups excluding carboxylic acids is 2. The number of carbonyl (C=O) groups is 2. The van der Waals surface area contributed by atoms with E-state index in [0.717, 1.165) is 25.2 Å². The van der Waals surface area contributed by atoms with Crippen molar-refractivity contribution in [2.45, 2.75) is 64.3 Å². The van der Waals surface area contributed by atoms with Crippen LogP contribution in [0.2, 0.25) is 6.04 Å². The maximum atomic E-state index is 12.7. The van der Waals surface area contributed by atoms with Gasteiger partial charge in [0.1, 0.15) is 20.0 Å². The average molecular weight is 412 g/mol. The van der Waals surface area contributed by atoms with Crippen LogP contribution < -0.4 is 15.7 Å². The van der Waals surface area contributed by atoms with Crippen molar-refractivity contribution >= 4 is 30.8 Å². The number of hydrogen-bond acceptors (Lipinski definition) is 3. The normalized spacial score (nSPS) is 12.8. The molecule has 156 valence electrons. The first-order chi connectivity index (χ1) is 13.8. The second-order valence-electron chi connectivity index (χ2n) is 8.40. The Labute approximate surface area is 175 Å². The van der Waals surface area contributed by atoms with E-state index in [0.29, 0.717) is 6.42 Å². The van der Waals surface area contributed by atoms with Crippen LogP contribution in [-0.2, 0) is 9.53 Å². The van der Waals surface area contributed by atoms with Gasteiger partial charge in [0.2, 0.25) is 0 Å². The van der Waals surface area contributed by atoms with Gasteiger partial charge in [0, 0.05) is 12.1 Å². The Kier molecular flexibility index (Phi) is 8.20. The van der Waals surface area contributed by atoms with E-state index < -0.39 is 19.8 Å². The zero-order valence-electron chi connectivity index (χ0n) is 18.0. The van der Waals surface area contributed by atoms with Crippen LogP contribution in [0.25, 0.3) is 0 Å². The van der Waals surface area contributed by atoms with Gasteiger partial charge >= 0.3 is 6.09 Å². The summed E-state index contributed by atoms with van der Waals surface area (Å²) in [6.45, 7) is 7.73. The summed E-state index contributed by atoms with van der Waals surface area (Å²) in [5.74, 6) is 0.